The van der Waals surface area contributed by atoms with Gasteiger partial charge in [-0.3, -0.25) is 0 Å². The molecule has 0 aliphatic heterocycles. The van der Waals surface area contributed by atoms with E-state index in [1.807, 2.05) is 33.1 Å². The first-order chi connectivity index (χ1) is 9.02. The fraction of sp³-hybridized carbons (Fsp3) is 0.571. The lowest BCUT2D eigenvalue weighted by molar-refractivity contribution is 0.569. The maximum atomic E-state index is 12.5. The van der Waals surface area contributed by atoms with E-state index in [1.165, 1.54) is 0 Å². The predicted molar refractivity (Wildman–Crippen MR) is 87.8 cm³/mol. The van der Waals surface area contributed by atoms with E-state index in [0.29, 0.717) is 22.7 Å². The molecule has 20 heavy (non-hydrogen) atoms. The number of sulfonamides is 1. The van der Waals surface area contributed by atoms with E-state index in [1.54, 1.807) is 25.6 Å². The van der Waals surface area contributed by atoms with Crippen molar-refractivity contribution in [2.45, 2.75) is 44.3 Å². The second-order valence-corrected chi connectivity index (χ2v) is 8.88. The molecule has 6 heteroatoms. The first-order valence-corrected chi connectivity index (χ1v) is 9.13. The Bertz CT molecular complexity index is 608. The highest BCUT2D eigenvalue weighted by Crippen LogP contribution is 2.28. The van der Waals surface area contributed by atoms with Gasteiger partial charge < -0.3 is 5.73 Å². The van der Waals surface area contributed by atoms with Crippen LogP contribution in [0.2, 0.25) is 0 Å². The molecule has 0 bridgehead atoms. The van der Waals surface area contributed by atoms with Gasteiger partial charge in [0.25, 0.3) is 0 Å². The molecule has 1 aromatic rings. The largest absolute Gasteiger partial charge is 0.398 e. The van der Waals surface area contributed by atoms with Gasteiger partial charge >= 0.3 is 0 Å². The number of rotatable bonds is 5. The lowest BCUT2D eigenvalue weighted by Crippen LogP contribution is -2.36. The van der Waals surface area contributed by atoms with Crippen molar-refractivity contribution in [3.05, 3.63) is 22.8 Å². The zero-order chi connectivity index (χ0) is 15.7. The molecular weight excluding hydrogens is 292 g/mol. The summed E-state index contributed by atoms with van der Waals surface area (Å²) in [5.41, 5.74) is 8.76. The van der Waals surface area contributed by atoms with Crippen molar-refractivity contribution in [3.63, 3.8) is 0 Å². The van der Waals surface area contributed by atoms with Crippen LogP contribution in [0.25, 0.3) is 0 Å². The molecule has 3 N–H and O–H groups in total. The van der Waals surface area contributed by atoms with Gasteiger partial charge in [0.2, 0.25) is 10.0 Å². The number of hydrogen-bond acceptors (Lipinski definition) is 4. The van der Waals surface area contributed by atoms with Crippen LogP contribution in [0.3, 0.4) is 0 Å². The highest BCUT2D eigenvalue weighted by Gasteiger charge is 2.25. The fourth-order valence-electron chi connectivity index (χ4n) is 2.01. The summed E-state index contributed by atoms with van der Waals surface area (Å²) in [5, 5.41) is 0. The number of benzene rings is 1. The fourth-order valence-corrected chi connectivity index (χ4v) is 4.01. The summed E-state index contributed by atoms with van der Waals surface area (Å²) in [6.07, 6.45) is 1.97. The number of thioether (sulfide) groups is 1. The maximum absolute atomic E-state index is 12.5. The molecule has 0 amide bonds. The van der Waals surface area contributed by atoms with Gasteiger partial charge in [-0.2, -0.15) is 11.8 Å². The highest BCUT2D eigenvalue weighted by molar-refractivity contribution is 8.00. The summed E-state index contributed by atoms with van der Waals surface area (Å²) in [7, 11) is -3.55. The zero-order valence-electron chi connectivity index (χ0n) is 13.0. The second kappa shape index (κ2) is 5.95. The summed E-state index contributed by atoms with van der Waals surface area (Å²) in [4.78, 5) is 0.303. The number of nitrogens with two attached hydrogens (primary N) is 1. The van der Waals surface area contributed by atoms with Crippen molar-refractivity contribution in [2.75, 3.05) is 18.5 Å². The minimum Gasteiger partial charge on any atom is -0.398 e. The number of nitrogen functional groups attached to an aromatic ring is 1. The molecule has 1 aromatic carbocycles. The SMILES string of the molecule is CSC(C)(C)CNS(=O)(=O)c1c(C)cc(C)c(N)c1C. The molecule has 0 aliphatic carbocycles. The van der Waals surface area contributed by atoms with Crippen molar-refractivity contribution in [1.82, 2.24) is 4.72 Å². The van der Waals surface area contributed by atoms with Crippen LogP contribution in [-0.2, 0) is 10.0 Å². The van der Waals surface area contributed by atoms with Gasteiger partial charge in [0.1, 0.15) is 0 Å². The van der Waals surface area contributed by atoms with E-state index in [0.717, 1.165) is 11.1 Å². The Kier molecular flexibility index (Phi) is 5.16. The van der Waals surface area contributed by atoms with Gasteiger partial charge in [-0.05, 0) is 57.6 Å². The monoisotopic (exact) mass is 316 g/mol. The van der Waals surface area contributed by atoms with E-state index in [9.17, 15) is 8.42 Å². The molecule has 0 heterocycles. The molecule has 0 fully saturated rings. The quantitative estimate of drug-likeness (QED) is 0.819. The van der Waals surface area contributed by atoms with Crippen LogP contribution in [0.4, 0.5) is 5.69 Å². The van der Waals surface area contributed by atoms with Crippen LogP contribution in [0, 0.1) is 20.8 Å². The first kappa shape index (κ1) is 17.3. The lowest BCUT2D eigenvalue weighted by Gasteiger charge is -2.23. The van der Waals surface area contributed by atoms with Crippen molar-refractivity contribution in [3.8, 4) is 0 Å². The Balaban J connectivity index is 3.21. The Morgan fingerprint density at radius 2 is 1.80 bits per heavy atom. The molecule has 0 aliphatic rings. The van der Waals surface area contributed by atoms with Gasteiger partial charge in [0.05, 0.1) is 4.90 Å². The molecule has 0 saturated heterocycles. The Hall–Kier alpha value is -0.720. The van der Waals surface area contributed by atoms with E-state index in [2.05, 4.69) is 4.72 Å². The van der Waals surface area contributed by atoms with E-state index >= 15 is 0 Å². The van der Waals surface area contributed by atoms with Gasteiger partial charge in [0, 0.05) is 17.0 Å². The molecule has 0 atom stereocenters. The smallest absolute Gasteiger partial charge is 0.241 e. The minimum absolute atomic E-state index is 0.148. The van der Waals surface area contributed by atoms with Crippen molar-refractivity contribution in [2.24, 2.45) is 0 Å². The highest BCUT2D eigenvalue weighted by atomic mass is 32.2. The van der Waals surface area contributed by atoms with E-state index < -0.39 is 10.0 Å². The van der Waals surface area contributed by atoms with Gasteiger partial charge in [-0.15, -0.1) is 0 Å². The summed E-state index contributed by atoms with van der Waals surface area (Å²) in [5.74, 6) is 0. The molecule has 0 aromatic heterocycles. The number of nitrogens with one attached hydrogen (secondary N) is 1. The third-order valence-corrected chi connectivity index (χ3v) is 6.41. The Morgan fingerprint density at radius 1 is 1.25 bits per heavy atom. The van der Waals surface area contributed by atoms with Crippen LogP contribution < -0.4 is 10.5 Å². The average Bonchev–Trinajstić information content (AvgIpc) is 2.34. The van der Waals surface area contributed by atoms with Crippen LogP contribution in [-0.4, -0.2) is 26.0 Å². The van der Waals surface area contributed by atoms with Gasteiger partial charge in [-0.1, -0.05) is 6.07 Å². The molecule has 0 spiro atoms. The Morgan fingerprint density at radius 3 is 2.30 bits per heavy atom. The molecule has 0 radical (unpaired) electrons. The standard InChI is InChI=1S/C14H24N2O2S2/c1-9-7-10(2)13(11(3)12(9)15)20(17,18)16-8-14(4,5)19-6/h7,16H,8,15H2,1-6H3. The molecule has 0 unspecified atom stereocenters. The zero-order valence-corrected chi connectivity index (χ0v) is 14.6. The van der Waals surface area contributed by atoms with Crippen LogP contribution in [0.5, 0.6) is 0 Å². The number of anilines is 1. The topological polar surface area (TPSA) is 72.2 Å². The third-order valence-electron chi connectivity index (χ3n) is 3.47. The van der Waals surface area contributed by atoms with Crippen LogP contribution >= 0.6 is 11.8 Å². The van der Waals surface area contributed by atoms with Crippen molar-refractivity contribution >= 4 is 27.5 Å². The lowest BCUT2D eigenvalue weighted by atomic mass is 10.1. The summed E-state index contributed by atoms with van der Waals surface area (Å²) in [6.45, 7) is 9.82. The summed E-state index contributed by atoms with van der Waals surface area (Å²) in [6, 6.07) is 1.82. The molecule has 4 nitrogen and oxygen atoms in total. The first-order valence-electron chi connectivity index (χ1n) is 6.43. The normalized spacial score (nSPS) is 12.7. The van der Waals surface area contributed by atoms with Crippen molar-refractivity contribution in [1.29, 1.82) is 0 Å². The summed E-state index contributed by atoms with van der Waals surface area (Å²) >= 11 is 1.63. The predicted octanol–water partition coefficient (Wildman–Crippen LogP) is 2.61. The van der Waals surface area contributed by atoms with E-state index in [4.69, 9.17) is 5.73 Å². The molecule has 1 rings (SSSR count). The molecule has 0 saturated carbocycles. The van der Waals surface area contributed by atoms with Crippen LogP contribution in [0.1, 0.15) is 30.5 Å². The number of hydrogen-bond donors (Lipinski definition) is 2. The second-order valence-electron chi connectivity index (χ2n) is 5.67. The minimum atomic E-state index is -3.55. The third kappa shape index (κ3) is 3.68. The average molecular weight is 316 g/mol. The Labute approximate surface area is 126 Å². The van der Waals surface area contributed by atoms with E-state index in [-0.39, 0.29) is 4.75 Å². The molecular formula is C14H24N2O2S2. The van der Waals surface area contributed by atoms with Gasteiger partial charge in [0.15, 0.2) is 0 Å². The maximum Gasteiger partial charge on any atom is 0.241 e. The molecule has 114 valence electrons. The number of aryl methyl sites for hydroxylation is 2. The van der Waals surface area contributed by atoms with Gasteiger partial charge in [-0.25, -0.2) is 13.1 Å². The summed E-state index contributed by atoms with van der Waals surface area (Å²) < 4.78 is 27.6. The van der Waals surface area contributed by atoms with Crippen molar-refractivity contribution < 1.29 is 8.42 Å². The van der Waals surface area contributed by atoms with Crippen LogP contribution in [0.15, 0.2) is 11.0 Å².